The van der Waals surface area contributed by atoms with Crippen molar-refractivity contribution in [2.45, 2.75) is 47.5 Å². The van der Waals surface area contributed by atoms with Crippen LogP contribution in [0.1, 0.15) is 47.6 Å². The summed E-state index contributed by atoms with van der Waals surface area (Å²) in [6.45, 7) is 18.5. The van der Waals surface area contributed by atoms with Crippen LogP contribution in [0.4, 0.5) is 0 Å². The predicted molar refractivity (Wildman–Crippen MR) is 96.3 cm³/mol. The van der Waals surface area contributed by atoms with Gasteiger partial charge in [-0.05, 0) is 23.8 Å². The van der Waals surface area contributed by atoms with Gasteiger partial charge in [-0.1, -0.05) is 65.5 Å². The molecule has 0 amide bonds. The largest absolute Gasteiger partial charge is 0.0776 e. The Morgan fingerprint density at radius 3 is 1.63 bits per heavy atom. The van der Waals surface area contributed by atoms with E-state index in [9.17, 15) is 0 Å². The molecule has 0 saturated heterocycles. The number of hydrogen-bond acceptors (Lipinski definition) is 0. The molecule has 0 aromatic heterocycles. The molecule has 0 aliphatic heterocycles. The van der Waals surface area contributed by atoms with Gasteiger partial charge < -0.3 is 0 Å². The fraction of sp³-hybridized carbons (Fsp3) is 0.667. The van der Waals surface area contributed by atoms with Gasteiger partial charge in [-0.15, -0.1) is 0 Å². The van der Waals surface area contributed by atoms with Crippen molar-refractivity contribution in [3.05, 3.63) is 35.9 Å². The Kier molecular flexibility index (Phi) is 9.65. The van der Waals surface area contributed by atoms with Crippen molar-refractivity contribution in [2.24, 2.45) is 5.92 Å². The zero-order chi connectivity index (χ0) is 14.4. The van der Waals surface area contributed by atoms with E-state index in [4.69, 9.17) is 0 Å². The van der Waals surface area contributed by atoms with Gasteiger partial charge in [0.1, 0.15) is 0 Å². The fourth-order valence-electron chi connectivity index (χ4n) is 1.20. The van der Waals surface area contributed by atoms with Crippen LogP contribution < -0.4 is 0 Å². The second-order valence-corrected chi connectivity index (χ2v) is 12.1. The third-order valence-electron chi connectivity index (χ3n) is 3.91. The molecular formula is C18H36P+. The second kappa shape index (κ2) is 8.75. The average Bonchev–Trinajstić information content (AvgIpc) is 2.30. The highest BCUT2D eigenvalue weighted by atomic mass is 31.2. The maximum Gasteiger partial charge on any atom is 0.0558 e. The van der Waals surface area contributed by atoms with Crippen LogP contribution in [0.2, 0.25) is 0 Å². The summed E-state index contributed by atoms with van der Waals surface area (Å²) < 4.78 is 0. The van der Waals surface area contributed by atoms with Crippen LogP contribution in [0.5, 0.6) is 0 Å². The highest BCUT2D eigenvalue weighted by Crippen LogP contribution is 2.45. The molecule has 1 aromatic carbocycles. The molecule has 1 rings (SSSR count). The number of benzene rings is 1. The second-order valence-electron chi connectivity index (χ2n) is 6.85. The molecular weight excluding hydrogens is 247 g/mol. The SMILES string of the molecule is C.CC(C)C(C)(C)c1ccccc1.CC[P+](C)(C)C. The molecule has 0 fully saturated rings. The first kappa shape index (κ1) is 21.0. The molecule has 0 saturated carbocycles. The van der Waals surface area contributed by atoms with E-state index in [1.807, 2.05) is 0 Å². The summed E-state index contributed by atoms with van der Waals surface area (Å²) in [6, 6.07) is 10.7. The summed E-state index contributed by atoms with van der Waals surface area (Å²) in [4.78, 5) is 0. The van der Waals surface area contributed by atoms with E-state index in [0.29, 0.717) is 11.3 Å². The molecule has 0 nitrogen and oxygen atoms in total. The van der Waals surface area contributed by atoms with E-state index in [2.05, 4.69) is 84.9 Å². The number of rotatable bonds is 3. The third-order valence-corrected chi connectivity index (χ3v) is 5.81. The Hall–Kier alpha value is -0.350. The van der Waals surface area contributed by atoms with E-state index in [1.54, 1.807) is 0 Å². The summed E-state index contributed by atoms with van der Waals surface area (Å²) >= 11 is 0. The van der Waals surface area contributed by atoms with Crippen molar-refractivity contribution in [1.82, 2.24) is 0 Å². The molecule has 0 bridgehead atoms. The van der Waals surface area contributed by atoms with Crippen LogP contribution >= 0.6 is 7.26 Å². The zero-order valence-corrected chi connectivity index (χ0v) is 14.5. The topological polar surface area (TPSA) is 0 Å². The van der Waals surface area contributed by atoms with Crippen molar-refractivity contribution in [3.8, 4) is 0 Å². The lowest BCUT2D eigenvalue weighted by atomic mass is 9.75. The van der Waals surface area contributed by atoms with Crippen molar-refractivity contribution in [3.63, 3.8) is 0 Å². The molecule has 1 aromatic rings. The maximum atomic E-state index is 2.35. The Bertz CT molecular complexity index is 317. The van der Waals surface area contributed by atoms with Crippen molar-refractivity contribution < 1.29 is 0 Å². The Morgan fingerprint density at radius 2 is 1.37 bits per heavy atom. The Balaban J connectivity index is 0. The van der Waals surface area contributed by atoms with Gasteiger partial charge in [-0.3, -0.25) is 0 Å². The zero-order valence-electron chi connectivity index (χ0n) is 13.6. The Morgan fingerprint density at radius 1 is 1.00 bits per heavy atom. The molecule has 0 heterocycles. The van der Waals surface area contributed by atoms with Crippen molar-refractivity contribution in [1.29, 1.82) is 0 Å². The molecule has 0 radical (unpaired) electrons. The molecule has 112 valence electrons. The monoisotopic (exact) mass is 283 g/mol. The summed E-state index contributed by atoms with van der Waals surface area (Å²) in [5, 5.41) is 0. The van der Waals surface area contributed by atoms with E-state index in [1.165, 1.54) is 11.7 Å². The normalized spacial score (nSPS) is 11.4. The van der Waals surface area contributed by atoms with E-state index < -0.39 is 7.26 Å². The van der Waals surface area contributed by atoms with Crippen LogP contribution in [0.15, 0.2) is 30.3 Å². The number of hydrogen-bond donors (Lipinski definition) is 0. The minimum absolute atomic E-state index is 0. The summed E-state index contributed by atoms with van der Waals surface area (Å²) in [5.74, 6) is 0.680. The van der Waals surface area contributed by atoms with Crippen LogP contribution in [-0.4, -0.2) is 26.2 Å². The standard InChI is InChI=1S/C12H18.C5H14P.CH4/c1-10(2)12(3,4)11-8-6-5-7-9-11;1-5-6(2,3)4;/h5-10H,1-4H3;5H2,1-4H3;1H4/q;+1;. The molecule has 19 heavy (non-hydrogen) atoms. The molecule has 0 aliphatic rings. The van der Waals surface area contributed by atoms with Crippen LogP contribution in [0, 0.1) is 5.92 Å². The molecule has 0 aliphatic carbocycles. The van der Waals surface area contributed by atoms with Gasteiger partial charge in [-0.2, -0.15) is 0 Å². The molecule has 0 spiro atoms. The minimum atomic E-state index is -0.397. The van der Waals surface area contributed by atoms with Crippen molar-refractivity contribution >= 4 is 7.26 Å². The molecule has 0 atom stereocenters. The summed E-state index contributed by atoms with van der Waals surface area (Å²) in [7, 11) is -0.397. The minimum Gasteiger partial charge on any atom is -0.0776 e. The van der Waals surface area contributed by atoms with Gasteiger partial charge in [0.05, 0.1) is 6.16 Å². The van der Waals surface area contributed by atoms with Gasteiger partial charge in [0.15, 0.2) is 0 Å². The highest BCUT2D eigenvalue weighted by Gasteiger charge is 2.23. The lowest BCUT2D eigenvalue weighted by molar-refractivity contribution is 0.372. The quantitative estimate of drug-likeness (QED) is 0.582. The first-order valence-corrected chi connectivity index (χ1v) is 10.3. The fourth-order valence-corrected chi connectivity index (χ4v) is 1.20. The van der Waals surface area contributed by atoms with Crippen molar-refractivity contribution in [2.75, 3.05) is 26.2 Å². The highest BCUT2D eigenvalue weighted by molar-refractivity contribution is 7.73. The predicted octanol–water partition coefficient (Wildman–Crippen LogP) is 6.17. The van der Waals surface area contributed by atoms with Gasteiger partial charge in [0.2, 0.25) is 0 Å². The van der Waals surface area contributed by atoms with Crippen LogP contribution in [-0.2, 0) is 5.41 Å². The Labute approximate surface area is 123 Å². The van der Waals surface area contributed by atoms with Crippen LogP contribution in [0.25, 0.3) is 0 Å². The van der Waals surface area contributed by atoms with Gasteiger partial charge >= 0.3 is 0 Å². The average molecular weight is 283 g/mol. The first-order valence-electron chi connectivity index (χ1n) is 6.97. The van der Waals surface area contributed by atoms with Gasteiger partial charge in [0.25, 0.3) is 0 Å². The summed E-state index contributed by atoms with van der Waals surface area (Å²) in [6.07, 6.45) is 1.38. The third kappa shape index (κ3) is 8.43. The van der Waals surface area contributed by atoms with Crippen LogP contribution in [0.3, 0.4) is 0 Å². The molecule has 0 N–H and O–H groups in total. The maximum absolute atomic E-state index is 2.35. The van der Waals surface area contributed by atoms with Gasteiger partial charge in [0, 0.05) is 27.3 Å². The molecule has 0 unspecified atom stereocenters. The lowest BCUT2D eigenvalue weighted by Gasteiger charge is -2.29. The summed E-state index contributed by atoms with van der Waals surface area (Å²) in [5.41, 5.74) is 1.72. The lowest BCUT2D eigenvalue weighted by Crippen LogP contribution is -2.23. The van der Waals surface area contributed by atoms with Gasteiger partial charge in [-0.25, -0.2) is 0 Å². The molecule has 1 heteroatoms. The van der Waals surface area contributed by atoms with E-state index in [0.717, 1.165) is 0 Å². The smallest absolute Gasteiger partial charge is 0.0558 e. The van der Waals surface area contributed by atoms with E-state index >= 15 is 0 Å². The van der Waals surface area contributed by atoms with E-state index in [-0.39, 0.29) is 7.43 Å². The first-order chi connectivity index (χ1) is 8.11.